The largest absolute Gasteiger partial charge is 0.418 e. The number of benzene rings is 1. The monoisotopic (exact) mass is 556 g/mol. The number of aromatic nitrogens is 3. The number of nitrogens with zero attached hydrogens (tertiary/aromatic N) is 6. The Bertz CT molecular complexity index is 1350. The van der Waals surface area contributed by atoms with Gasteiger partial charge in [-0.3, -0.25) is 4.98 Å². The van der Waals surface area contributed by atoms with Gasteiger partial charge in [0.25, 0.3) is 0 Å². The van der Waals surface area contributed by atoms with Crippen LogP contribution in [0.15, 0.2) is 53.9 Å². The lowest BCUT2D eigenvalue weighted by atomic mass is 10.0. The number of hydrazine groups is 1. The van der Waals surface area contributed by atoms with Crippen molar-refractivity contribution in [2.24, 2.45) is 5.10 Å². The van der Waals surface area contributed by atoms with E-state index in [9.17, 15) is 17.6 Å². The van der Waals surface area contributed by atoms with Crippen LogP contribution in [0.4, 0.5) is 35.0 Å². The normalized spacial score (nSPS) is 16.4. The fourth-order valence-corrected chi connectivity index (χ4v) is 4.40. The van der Waals surface area contributed by atoms with Gasteiger partial charge in [0.2, 0.25) is 5.95 Å². The van der Waals surface area contributed by atoms with Crippen molar-refractivity contribution in [2.45, 2.75) is 19.0 Å². The number of allylic oxidation sites excluding steroid dienone is 1. The average molecular weight is 557 g/mol. The molecule has 0 saturated carbocycles. The number of anilines is 3. The van der Waals surface area contributed by atoms with Gasteiger partial charge in [-0.1, -0.05) is 24.3 Å². The Hall–Kier alpha value is -4.10. The molecule has 9 nitrogen and oxygen atoms in total. The third-order valence-corrected chi connectivity index (χ3v) is 6.39. The van der Waals surface area contributed by atoms with Gasteiger partial charge in [0, 0.05) is 32.4 Å². The number of pyridine rings is 1. The highest BCUT2D eigenvalue weighted by Crippen LogP contribution is 2.37. The molecule has 4 heterocycles. The summed E-state index contributed by atoms with van der Waals surface area (Å²) in [4.78, 5) is 14.2. The van der Waals surface area contributed by atoms with E-state index in [4.69, 9.17) is 4.74 Å². The second kappa shape index (κ2) is 12.4. The van der Waals surface area contributed by atoms with Crippen molar-refractivity contribution in [2.75, 3.05) is 54.7 Å². The molecule has 210 valence electrons. The van der Waals surface area contributed by atoms with E-state index in [2.05, 4.69) is 30.9 Å². The van der Waals surface area contributed by atoms with Crippen LogP contribution in [-0.4, -0.2) is 60.6 Å². The quantitative estimate of drug-likeness (QED) is 0.242. The zero-order chi connectivity index (χ0) is 28.0. The fourth-order valence-electron chi connectivity index (χ4n) is 4.40. The van der Waals surface area contributed by atoms with Crippen LogP contribution in [0.25, 0.3) is 6.08 Å². The first-order chi connectivity index (χ1) is 19.4. The summed E-state index contributed by atoms with van der Waals surface area (Å²) in [6.45, 7) is 3.29. The van der Waals surface area contributed by atoms with E-state index in [0.717, 1.165) is 18.2 Å². The lowest BCUT2D eigenvalue weighted by Crippen LogP contribution is -2.37. The molecule has 0 aliphatic carbocycles. The summed E-state index contributed by atoms with van der Waals surface area (Å²) < 4.78 is 60.5. The molecule has 0 bridgehead atoms. The molecule has 2 saturated heterocycles. The van der Waals surface area contributed by atoms with Crippen molar-refractivity contribution in [1.82, 2.24) is 20.4 Å². The molecule has 2 N–H and O–H groups in total. The van der Waals surface area contributed by atoms with Crippen LogP contribution in [0.2, 0.25) is 0 Å². The number of rotatable bonds is 8. The van der Waals surface area contributed by atoms with Gasteiger partial charge in [-0.2, -0.15) is 23.3 Å². The van der Waals surface area contributed by atoms with Crippen molar-refractivity contribution in [3.05, 3.63) is 77.0 Å². The molecule has 40 heavy (non-hydrogen) atoms. The van der Waals surface area contributed by atoms with E-state index in [1.165, 1.54) is 18.3 Å². The van der Waals surface area contributed by atoms with E-state index in [1.54, 1.807) is 40.4 Å². The minimum Gasteiger partial charge on any atom is -0.378 e. The predicted octanol–water partition coefficient (Wildman–Crippen LogP) is 4.28. The van der Waals surface area contributed by atoms with Crippen LogP contribution in [0.5, 0.6) is 0 Å². The molecule has 0 amide bonds. The van der Waals surface area contributed by atoms with Crippen LogP contribution < -0.4 is 20.8 Å². The Labute approximate surface area is 228 Å². The van der Waals surface area contributed by atoms with Crippen molar-refractivity contribution in [1.29, 1.82) is 0 Å². The highest BCUT2D eigenvalue weighted by atomic mass is 19.4. The molecule has 1 aromatic carbocycles. The smallest absolute Gasteiger partial charge is 0.378 e. The molecule has 0 unspecified atom stereocenters. The maximum atomic E-state index is 14.2. The second-order valence-corrected chi connectivity index (χ2v) is 9.22. The summed E-state index contributed by atoms with van der Waals surface area (Å²) in [5.41, 5.74) is 7.09. The topological polar surface area (TPSA) is 90.8 Å². The van der Waals surface area contributed by atoms with Crippen LogP contribution in [0.1, 0.15) is 28.8 Å². The highest BCUT2D eigenvalue weighted by Gasteiger charge is 2.35. The summed E-state index contributed by atoms with van der Waals surface area (Å²) in [6.07, 6.45) is 4.50. The standard InChI is InChI=1S/C27H28F4N8O/c28-23-18-33-26(36-25(23)38-11-13-40-14-12-38)37-34-17-21-7-5-20(16-32-21)4-1-3-19-6-8-24(39-10-2-9-35-39)22(15-19)27(29,30)31/h1,4-8,15-18,35H,2-3,9-14H2,(H,33,36,37)/b4-1-,34-17+. The molecule has 2 aromatic heterocycles. The SMILES string of the molecule is Fc1cnc(N/N=C/c2ccc(/C=C\Cc3ccc(N4CCCN4)c(C(F)(F)F)c3)cn2)nc1N1CCOCC1. The fraction of sp³-hybridized carbons (Fsp3) is 0.333. The molecule has 0 spiro atoms. The van der Waals surface area contributed by atoms with Crippen LogP contribution >= 0.6 is 0 Å². The van der Waals surface area contributed by atoms with Gasteiger partial charge in [0.05, 0.1) is 42.6 Å². The van der Waals surface area contributed by atoms with Gasteiger partial charge < -0.3 is 14.6 Å². The first-order valence-corrected chi connectivity index (χ1v) is 12.8. The van der Waals surface area contributed by atoms with Gasteiger partial charge in [-0.15, -0.1) is 0 Å². The number of halogens is 4. The van der Waals surface area contributed by atoms with E-state index in [0.29, 0.717) is 57.1 Å². The molecule has 0 radical (unpaired) electrons. The van der Waals surface area contributed by atoms with Crippen molar-refractivity contribution in [3.63, 3.8) is 0 Å². The molecule has 13 heteroatoms. The first-order valence-electron chi connectivity index (χ1n) is 12.8. The number of hydrazone groups is 1. The number of ether oxygens (including phenoxy) is 1. The summed E-state index contributed by atoms with van der Waals surface area (Å²) in [5, 5.41) is 5.64. The minimum absolute atomic E-state index is 0.150. The van der Waals surface area contributed by atoms with E-state index in [-0.39, 0.29) is 17.5 Å². The lowest BCUT2D eigenvalue weighted by Gasteiger charge is -2.27. The van der Waals surface area contributed by atoms with Gasteiger partial charge in [0.15, 0.2) is 11.6 Å². The zero-order valence-corrected chi connectivity index (χ0v) is 21.5. The van der Waals surface area contributed by atoms with E-state index >= 15 is 0 Å². The average Bonchev–Trinajstić information content (AvgIpc) is 3.50. The lowest BCUT2D eigenvalue weighted by molar-refractivity contribution is -0.137. The molecule has 2 fully saturated rings. The Morgan fingerprint density at radius 3 is 2.65 bits per heavy atom. The number of nitrogens with one attached hydrogen (secondary N) is 2. The minimum atomic E-state index is -4.44. The third kappa shape index (κ3) is 6.90. The molecule has 0 atom stereocenters. The molecule has 2 aliphatic heterocycles. The summed E-state index contributed by atoms with van der Waals surface area (Å²) >= 11 is 0. The summed E-state index contributed by atoms with van der Waals surface area (Å²) in [5.74, 6) is -0.171. The van der Waals surface area contributed by atoms with E-state index in [1.807, 2.05) is 6.07 Å². The molecule has 3 aromatic rings. The second-order valence-electron chi connectivity index (χ2n) is 9.22. The summed E-state index contributed by atoms with van der Waals surface area (Å²) in [7, 11) is 0. The third-order valence-electron chi connectivity index (χ3n) is 6.39. The Morgan fingerprint density at radius 2 is 1.93 bits per heavy atom. The van der Waals surface area contributed by atoms with Crippen LogP contribution in [-0.2, 0) is 17.3 Å². The maximum Gasteiger partial charge on any atom is 0.418 e. The van der Waals surface area contributed by atoms with Gasteiger partial charge >= 0.3 is 6.18 Å². The molecule has 5 rings (SSSR count). The van der Waals surface area contributed by atoms with E-state index < -0.39 is 17.6 Å². The number of hydrogen-bond donors (Lipinski definition) is 2. The molecular weight excluding hydrogens is 528 g/mol. The van der Waals surface area contributed by atoms with Crippen molar-refractivity contribution >= 4 is 29.7 Å². The first kappa shape index (κ1) is 27.5. The number of morpholine rings is 1. The highest BCUT2D eigenvalue weighted by molar-refractivity contribution is 5.77. The Balaban J connectivity index is 1.17. The van der Waals surface area contributed by atoms with Crippen LogP contribution in [0, 0.1) is 5.82 Å². The number of hydrogen-bond acceptors (Lipinski definition) is 9. The Kier molecular flexibility index (Phi) is 8.51. The zero-order valence-electron chi connectivity index (χ0n) is 21.5. The molecule has 2 aliphatic rings. The van der Waals surface area contributed by atoms with Gasteiger partial charge in [0.1, 0.15) is 0 Å². The van der Waals surface area contributed by atoms with Gasteiger partial charge in [-0.05, 0) is 42.2 Å². The Morgan fingerprint density at radius 1 is 1.07 bits per heavy atom. The van der Waals surface area contributed by atoms with Crippen LogP contribution in [0.3, 0.4) is 0 Å². The van der Waals surface area contributed by atoms with Gasteiger partial charge in [-0.25, -0.2) is 20.2 Å². The number of alkyl halides is 3. The van der Waals surface area contributed by atoms with Crippen molar-refractivity contribution < 1.29 is 22.3 Å². The summed E-state index contributed by atoms with van der Waals surface area (Å²) in [6, 6.07) is 8.01. The molecular formula is C27H28F4N8O. The maximum absolute atomic E-state index is 14.2. The predicted molar refractivity (Wildman–Crippen MR) is 145 cm³/mol. The van der Waals surface area contributed by atoms with Crippen molar-refractivity contribution in [3.8, 4) is 0 Å².